The molecule has 1 amide bonds. The predicted molar refractivity (Wildman–Crippen MR) is 105 cm³/mol. The fourth-order valence-electron chi connectivity index (χ4n) is 4.15. The molecular formula is C19H25F3N6O3. The van der Waals surface area contributed by atoms with E-state index in [1.54, 1.807) is 20.8 Å². The average Bonchev–Trinajstić information content (AvgIpc) is 3.34. The zero-order chi connectivity index (χ0) is 22.9. The molecule has 0 aromatic carbocycles. The summed E-state index contributed by atoms with van der Waals surface area (Å²) in [6.07, 6.45) is -2.37. The Bertz CT molecular complexity index is 995. The minimum Gasteiger partial charge on any atom is -0.354 e. The Morgan fingerprint density at radius 1 is 1.29 bits per heavy atom. The van der Waals surface area contributed by atoms with Crippen LogP contribution in [0.25, 0.3) is 0 Å². The first-order chi connectivity index (χ1) is 14.6. The van der Waals surface area contributed by atoms with E-state index >= 15 is 0 Å². The van der Waals surface area contributed by atoms with Crippen LogP contribution in [0.3, 0.4) is 0 Å². The van der Waals surface area contributed by atoms with Crippen LogP contribution in [0.4, 0.5) is 18.9 Å². The highest BCUT2D eigenvalue weighted by Crippen LogP contribution is 2.37. The number of nitro groups is 1. The Kier molecular flexibility index (Phi) is 6.37. The van der Waals surface area contributed by atoms with Crippen LogP contribution in [0.1, 0.15) is 60.6 Å². The van der Waals surface area contributed by atoms with E-state index in [0.717, 1.165) is 0 Å². The molecule has 0 radical (unpaired) electrons. The quantitative estimate of drug-likeness (QED) is 0.384. The largest absolute Gasteiger partial charge is 0.435 e. The standard InChI is InChI=1S/C19H25F3N6O3/c1-4-14(27-15-8-5-7-13(15)17(25-27)19(20,21)22)18(29)23-9-6-10-26-12(3)16(28(30)31)11(2)24-26/h14H,4-10H2,1-3H3,(H,23,29). The summed E-state index contributed by atoms with van der Waals surface area (Å²) in [5.74, 6) is -0.396. The van der Waals surface area contributed by atoms with Crippen LogP contribution in [-0.4, -0.2) is 36.9 Å². The van der Waals surface area contributed by atoms with E-state index in [1.165, 1.54) is 9.36 Å². The summed E-state index contributed by atoms with van der Waals surface area (Å²) in [7, 11) is 0. The van der Waals surface area contributed by atoms with Gasteiger partial charge in [-0.25, -0.2) is 0 Å². The van der Waals surface area contributed by atoms with Gasteiger partial charge in [-0.05, 0) is 46.0 Å². The Balaban J connectivity index is 1.64. The van der Waals surface area contributed by atoms with Gasteiger partial charge in [0.25, 0.3) is 0 Å². The zero-order valence-corrected chi connectivity index (χ0v) is 17.6. The van der Waals surface area contributed by atoms with E-state index in [9.17, 15) is 28.1 Å². The molecule has 2 aromatic rings. The lowest BCUT2D eigenvalue weighted by atomic mass is 10.1. The van der Waals surface area contributed by atoms with Crippen molar-refractivity contribution in [3.05, 3.63) is 38.5 Å². The topological polar surface area (TPSA) is 108 Å². The second-order valence-corrected chi connectivity index (χ2v) is 7.64. The van der Waals surface area contributed by atoms with E-state index in [1.807, 2.05) is 0 Å². The molecule has 9 nitrogen and oxygen atoms in total. The van der Waals surface area contributed by atoms with Crippen molar-refractivity contribution in [2.24, 2.45) is 0 Å². The number of hydrogen-bond acceptors (Lipinski definition) is 5. The highest BCUT2D eigenvalue weighted by Gasteiger charge is 2.41. The second-order valence-electron chi connectivity index (χ2n) is 7.64. The highest BCUT2D eigenvalue weighted by atomic mass is 19.4. The van der Waals surface area contributed by atoms with Gasteiger partial charge < -0.3 is 5.32 Å². The minimum absolute atomic E-state index is 0.0249. The van der Waals surface area contributed by atoms with Crippen molar-refractivity contribution >= 4 is 11.6 Å². The summed E-state index contributed by atoms with van der Waals surface area (Å²) in [6, 6.07) is -0.822. The molecule has 0 saturated carbocycles. The van der Waals surface area contributed by atoms with Gasteiger partial charge >= 0.3 is 11.9 Å². The van der Waals surface area contributed by atoms with Crippen molar-refractivity contribution in [2.45, 2.75) is 71.6 Å². The Morgan fingerprint density at radius 3 is 2.58 bits per heavy atom. The number of carbonyl (C=O) groups is 1. The molecule has 0 fully saturated rings. The molecule has 1 unspecified atom stereocenters. The Morgan fingerprint density at radius 2 is 2.00 bits per heavy atom. The molecule has 1 N–H and O–H groups in total. The maximum absolute atomic E-state index is 13.3. The Hall–Kier alpha value is -2.92. The van der Waals surface area contributed by atoms with Gasteiger partial charge in [-0.15, -0.1) is 0 Å². The Labute approximate surface area is 176 Å². The van der Waals surface area contributed by atoms with Crippen LogP contribution in [-0.2, 0) is 30.4 Å². The summed E-state index contributed by atoms with van der Waals surface area (Å²) in [6.45, 7) is 5.53. The third kappa shape index (κ3) is 4.42. The van der Waals surface area contributed by atoms with Crippen molar-refractivity contribution in [1.29, 1.82) is 0 Å². The number of alkyl halides is 3. The summed E-state index contributed by atoms with van der Waals surface area (Å²) in [5, 5.41) is 21.7. The number of carbonyl (C=O) groups excluding carboxylic acids is 1. The van der Waals surface area contributed by atoms with Crippen LogP contribution < -0.4 is 5.32 Å². The molecule has 12 heteroatoms. The maximum Gasteiger partial charge on any atom is 0.435 e. The molecule has 170 valence electrons. The molecule has 1 atom stereocenters. The number of amides is 1. The summed E-state index contributed by atoms with van der Waals surface area (Å²) in [5.41, 5.74) is 0.534. The van der Waals surface area contributed by atoms with Gasteiger partial charge in [0.1, 0.15) is 17.4 Å². The van der Waals surface area contributed by atoms with E-state index in [2.05, 4.69) is 15.5 Å². The maximum atomic E-state index is 13.3. The van der Waals surface area contributed by atoms with Crippen LogP contribution in [0.2, 0.25) is 0 Å². The lowest BCUT2D eigenvalue weighted by Crippen LogP contribution is -2.34. The number of hydrogen-bond donors (Lipinski definition) is 1. The number of rotatable bonds is 8. The SMILES string of the molecule is CCC(C(=O)NCCCn1nc(C)c([N+](=O)[O-])c1C)n1nc(C(F)(F)F)c2c1CCC2. The molecule has 1 aliphatic rings. The van der Waals surface area contributed by atoms with Crippen LogP contribution >= 0.6 is 0 Å². The molecular weight excluding hydrogens is 417 g/mol. The highest BCUT2D eigenvalue weighted by molar-refractivity contribution is 5.80. The fourth-order valence-corrected chi connectivity index (χ4v) is 4.15. The third-order valence-electron chi connectivity index (χ3n) is 5.58. The summed E-state index contributed by atoms with van der Waals surface area (Å²) >= 11 is 0. The van der Waals surface area contributed by atoms with Gasteiger partial charge in [0.15, 0.2) is 5.69 Å². The fraction of sp³-hybridized carbons (Fsp3) is 0.632. The lowest BCUT2D eigenvalue weighted by Gasteiger charge is -2.18. The van der Waals surface area contributed by atoms with Gasteiger partial charge in [-0.3, -0.25) is 24.3 Å². The number of fused-ring (bicyclic) bond motifs is 1. The minimum atomic E-state index is -4.54. The third-order valence-corrected chi connectivity index (χ3v) is 5.58. The van der Waals surface area contributed by atoms with Crippen molar-refractivity contribution in [3.63, 3.8) is 0 Å². The van der Waals surface area contributed by atoms with Crippen molar-refractivity contribution in [2.75, 3.05) is 6.54 Å². The van der Waals surface area contributed by atoms with Crippen molar-refractivity contribution in [3.8, 4) is 0 Å². The summed E-state index contributed by atoms with van der Waals surface area (Å²) in [4.78, 5) is 23.3. The van der Waals surface area contributed by atoms with E-state index in [-0.39, 0.29) is 17.8 Å². The molecule has 1 aliphatic carbocycles. The molecule has 0 spiro atoms. The van der Waals surface area contributed by atoms with Crippen LogP contribution in [0, 0.1) is 24.0 Å². The molecule has 2 heterocycles. The molecule has 31 heavy (non-hydrogen) atoms. The molecule has 0 bridgehead atoms. The molecule has 3 rings (SSSR count). The smallest absolute Gasteiger partial charge is 0.354 e. The van der Waals surface area contributed by atoms with Crippen molar-refractivity contribution in [1.82, 2.24) is 24.9 Å². The van der Waals surface area contributed by atoms with Crippen molar-refractivity contribution < 1.29 is 22.9 Å². The van der Waals surface area contributed by atoms with E-state index < -0.39 is 28.7 Å². The average molecular weight is 442 g/mol. The first-order valence-corrected chi connectivity index (χ1v) is 10.2. The van der Waals surface area contributed by atoms with E-state index in [0.29, 0.717) is 55.7 Å². The molecule has 0 aliphatic heterocycles. The van der Waals surface area contributed by atoms with Gasteiger partial charge in [0, 0.05) is 24.3 Å². The number of nitrogens with zero attached hydrogens (tertiary/aromatic N) is 5. The number of halogens is 3. The molecule has 2 aromatic heterocycles. The van der Waals surface area contributed by atoms with Gasteiger partial charge in [-0.2, -0.15) is 23.4 Å². The first kappa shape index (κ1) is 22.8. The van der Waals surface area contributed by atoms with Gasteiger partial charge in [0.05, 0.1) is 4.92 Å². The monoisotopic (exact) mass is 442 g/mol. The van der Waals surface area contributed by atoms with E-state index in [4.69, 9.17) is 0 Å². The predicted octanol–water partition coefficient (Wildman–Crippen LogP) is 3.27. The lowest BCUT2D eigenvalue weighted by molar-refractivity contribution is -0.386. The number of nitrogens with one attached hydrogen (secondary N) is 1. The normalized spacial score (nSPS) is 14.5. The number of aryl methyl sites for hydroxylation is 2. The first-order valence-electron chi connectivity index (χ1n) is 10.2. The van der Waals surface area contributed by atoms with Gasteiger partial charge in [0.2, 0.25) is 5.91 Å². The van der Waals surface area contributed by atoms with Crippen LogP contribution in [0.5, 0.6) is 0 Å². The molecule has 0 saturated heterocycles. The second kappa shape index (κ2) is 8.67. The summed E-state index contributed by atoms with van der Waals surface area (Å²) < 4.78 is 42.7. The number of aromatic nitrogens is 4. The zero-order valence-electron chi connectivity index (χ0n) is 17.6. The van der Waals surface area contributed by atoms with Crippen LogP contribution in [0.15, 0.2) is 0 Å². The van der Waals surface area contributed by atoms with Gasteiger partial charge in [-0.1, -0.05) is 6.92 Å².